The number of likely N-dealkylation sites (N-methyl/N-ethyl adjacent to an activating group) is 1. The van der Waals surface area contributed by atoms with Crippen molar-refractivity contribution in [2.45, 2.75) is 52.7 Å². The quantitative estimate of drug-likeness (QED) is 0.315. The highest BCUT2D eigenvalue weighted by Gasteiger charge is 2.56. The van der Waals surface area contributed by atoms with Gasteiger partial charge in [0.25, 0.3) is 11.8 Å². The molecule has 1 unspecified atom stereocenters. The number of amides is 2. The maximum absolute atomic E-state index is 12.8. The molecule has 2 amide bonds. The van der Waals surface area contributed by atoms with Crippen LogP contribution in [0.25, 0.3) is 0 Å². The Hall–Kier alpha value is -1.77. The molecule has 0 aromatic carbocycles. The van der Waals surface area contributed by atoms with Gasteiger partial charge in [-0.25, -0.2) is 0 Å². The summed E-state index contributed by atoms with van der Waals surface area (Å²) >= 11 is 0. The summed E-state index contributed by atoms with van der Waals surface area (Å²) in [5.41, 5.74) is -3.57. The normalized spacial score (nSPS) is 14.0. The molecule has 0 radical (unpaired) electrons. The Morgan fingerprint density at radius 3 is 1.79 bits per heavy atom. The molecule has 11 heteroatoms. The highest BCUT2D eigenvalue weighted by Crippen LogP contribution is 2.48. The summed E-state index contributed by atoms with van der Waals surface area (Å²) in [7, 11) is -1.24. The van der Waals surface area contributed by atoms with E-state index in [0.29, 0.717) is 0 Å². The van der Waals surface area contributed by atoms with Crippen molar-refractivity contribution in [2.24, 2.45) is 0 Å². The molecule has 10 nitrogen and oxygen atoms in total. The van der Waals surface area contributed by atoms with Gasteiger partial charge >= 0.3 is 19.2 Å². The smallest absolute Gasteiger partial charge is 0.341 e. The van der Waals surface area contributed by atoms with Crippen LogP contribution in [-0.4, -0.2) is 73.1 Å². The summed E-state index contributed by atoms with van der Waals surface area (Å²) in [6.07, 6.45) is -0.854. The Morgan fingerprint density at radius 2 is 1.46 bits per heavy atom. The second-order valence-electron chi connectivity index (χ2n) is 7.22. The molecule has 0 aliphatic rings. The molecule has 0 saturated heterocycles. The first-order valence-corrected chi connectivity index (χ1v) is 10.5. The number of ether oxygens (including phenoxy) is 1. The van der Waals surface area contributed by atoms with Crippen LogP contribution in [0.1, 0.15) is 41.5 Å². The molecule has 0 aromatic heterocycles. The van der Waals surface area contributed by atoms with Gasteiger partial charge in [-0.3, -0.25) is 23.7 Å². The number of ketones is 1. The summed E-state index contributed by atoms with van der Waals surface area (Å²) in [5.74, 6) is -4.37. The minimum Gasteiger partial charge on any atom is -0.430 e. The van der Waals surface area contributed by atoms with E-state index in [0.717, 1.165) is 11.8 Å². The van der Waals surface area contributed by atoms with Gasteiger partial charge in [-0.2, -0.15) is 0 Å². The van der Waals surface area contributed by atoms with Gasteiger partial charge in [0, 0.05) is 19.6 Å². The molecule has 28 heavy (non-hydrogen) atoms. The number of carbonyl (C=O) groups excluding carboxylic acids is 4. The van der Waals surface area contributed by atoms with Gasteiger partial charge in [-0.15, -0.1) is 0 Å². The van der Waals surface area contributed by atoms with Crippen LogP contribution < -0.4 is 5.32 Å². The molecule has 0 rings (SSSR count). The predicted molar refractivity (Wildman–Crippen MR) is 102 cm³/mol. The van der Waals surface area contributed by atoms with Crippen LogP contribution in [0.15, 0.2) is 0 Å². The fourth-order valence-electron chi connectivity index (χ4n) is 2.20. The highest BCUT2D eigenvalue weighted by atomic mass is 31.2. The first kappa shape index (κ1) is 26.2. The Kier molecular flexibility index (Phi) is 9.49. The molecule has 0 heterocycles. The summed E-state index contributed by atoms with van der Waals surface area (Å²) < 4.78 is 27.7. The predicted octanol–water partition coefficient (Wildman–Crippen LogP) is 1.13. The van der Waals surface area contributed by atoms with E-state index in [2.05, 4.69) is 5.32 Å². The molecule has 0 aliphatic heterocycles. The van der Waals surface area contributed by atoms with Crippen molar-refractivity contribution in [1.82, 2.24) is 10.2 Å². The van der Waals surface area contributed by atoms with E-state index in [1.807, 2.05) is 0 Å². The number of Topliss-reactive ketones (excluding diaryl/α,β-unsaturated/α-hetero) is 1. The Labute approximate surface area is 165 Å². The van der Waals surface area contributed by atoms with Crippen molar-refractivity contribution in [3.8, 4) is 0 Å². The largest absolute Gasteiger partial charge is 0.430 e. The standard InChI is InChI=1S/C17H31N2O8P/c1-9-25-28(24,26-10-2)11-13(21)27-17(12(3)20,15(23)19(7)8)14(22)18-16(4,5)6/h9-11H2,1-8H3,(H,18,22). The summed E-state index contributed by atoms with van der Waals surface area (Å²) in [4.78, 5) is 51.4. The minimum atomic E-state index is -3.86. The molecular weight excluding hydrogens is 391 g/mol. The van der Waals surface area contributed by atoms with Crippen LogP contribution in [0.2, 0.25) is 0 Å². The third-order valence-electron chi connectivity index (χ3n) is 3.25. The molecule has 0 aromatic rings. The lowest BCUT2D eigenvalue weighted by Gasteiger charge is -2.33. The zero-order valence-electron chi connectivity index (χ0n) is 17.8. The molecule has 1 atom stereocenters. The van der Waals surface area contributed by atoms with Crippen molar-refractivity contribution < 1.29 is 37.5 Å². The van der Waals surface area contributed by atoms with Crippen LogP contribution >= 0.6 is 7.60 Å². The van der Waals surface area contributed by atoms with E-state index >= 15 is 0 Å². The fourth-order valence-corrected chi connectivity index (χ4v) is 3.62. The number of carbonyl (C=O) groups is 4. The van der Waals surface area contributed by atoms with Crippen molar-refractivity contribution in [3.05, 3.63) is 0 Å². The van der Waals surface area contributed by atoms with Crippen LogP contribution in [-0.2, 0) is 37.5 Å². The van der Waals surface area contributed by atoms with Crippen molar-refractivity contribution in [2.75, 3.05) is 33.5 Å². The van der Waals surface area contributed by atoms with Crippen molar-refractivity contribution in [3.63, 3.8) is 0 Å². The fraction of sp³-hybridized carbons (Fsp3) is 0.765. The maximum atomic E-state index is 12.8. The highest BCUT2D eigenvalue weighted by molar-refractivity contribution is 7.54. The first-order valence-electron chi connectivity index (χ1n) is 8.80. The third-order valence-corrected chi connectivity index (χ3v) is 5.20. The zero-order chi connectivity index (χ0) is 22.3. The molecular formula is C17H31N2O8P. The number of nitrogens with one attached hydrogen (secondary N) is 1. The van der Waals surface area contributed by atoms with E-state index in [4.69, 9.17) is 13.8 Å². The zero-order valence-corrected chi connectivity index (χ0v) is 18.7. The second-order valence-corrected chi connectivity index (χ2v) is 9.27. The molecule has 0 saturated carbocycles. The van der Waals surface area contributed by atoms with Crippen LogP contribution in [0.3, 0.4) is 0 Å². The molecule has 1 N–H and O–H groups in total. The molecule has 0 spiro atoms. The molecule has 162 valence electrons. The van der Waals surface area contributed by atoms with Gasteiger partial charge in [0.15, 0.2) is 5.78 Å². The molecule has 0 bridgehead atoms. The number of hydrogen-bond acceptors (Lipinski definition) is 8. The Balaban J connectivity index is 6.03. The number of nitrogens with zero attached hydrogens (tertiary/aromatic N) is 1. The molecule has 0 fully saturated rings. The SMILES string of the molecule is CCOP(=O)(CC(=O)OC(C(C)=O)(C(=O)NC(C)(C)C)C(=O)N(C)C)OCC. The summed E-state index contributed by atoms with van der Waals surface area (Å²) in [6, 6.07) is 0. The Bertz CT molecular complexity index is 646. The second kappa shape index (κ2) is 10.1. The average Bonchev–Trinajstić information content (AvgIpc) is 2.49. The third kappa shape index (κ3) is 7.00. The topological polar surface area (TPSA) is 128 Å². The lowest BCUT2D eigenvalue weighted by molar-refractivity contribution is -0.180. The lowest BCUT2D eigenvalue weighted by Crippen LogP contribution is -2.65. The van der Waals surface area contributed by atoms with E-state index < -0.39 is 48.5 Å². The van der Waals surface area contributed by atoms with Crippen molar-refractivity contribution >= 4 is 31.2 Å². The van der Waals surface area contributed by atoms with E-state index in [-0.39, 0.29) is 13.2 Å². The number of hydrogen-bond donors (Lipinski definition) is 1. The molecule has 0 aliphatic carbocycles. The van der Waals surface area contributed by atoms with Crippen LogP contribution in [0.4, 0.5) is 0 Å². The average molecular weight is 422 g/mol. The van der Waals surface area contributed by atoms with Crippen LogP contribution in [0.5, 0.6) is 0 Å². The van der Waals surface area contributed by atoms with E-state index in [1.165, 1.54) is 14.1 Å². The van der Waals surface area contributed by atoms with Gasteiger partial charge in [-0.05, 0) is 41.5 Å². The minimum absolute atomic E-state index is 0.00352. The number of esters is 1. The maximum Gasteiger partial charge on any atom is 0.341 e. The van der Waals surface area contributed by atoms with E-state index in [1.54, 1.807) is 34.6 Å². The lowest BCUT2D eigenvalue weighted by atomic mass is 9.94. The van der Waals surface area contributed by atoms with Gasteiger partial charge < -0.3 is 24.0 Å². The Morgan fingerprint density at radius 1 is 1.00 bits per heavy atom. The monoisotopic (exact) mass is 422 g/mol. The summed E-state index contributed by atoms with van der Waals surface area (Å²) in [6.45, 7) is 8.99. The van der Waals surface area contributed by atoms with Gasteiger partial charge in [0.1, 0.15) is 6.16 Å². The van der Waals surface area contributed by atoms with Gasteiger partial charge in [-0.1, -0.05) is 0 Å². The van der Waals surface area contributed by atoms with E-state index in [9.17, 15) is 23.7 Å². The summed E-state index contributed by atoms with van der Waals surface area (Å²) in [5, 5.41) is 2.48. The van der Waals surface area contributed by atoms with Crippen molar-refractivity contribution in [1.29, 1.82) is 0 Å². The van der Waals surface area contributed by atoms with Gasteiger partial charge in [0.2, 0.25) is 0 Å². The number of rotatable bonds is 10. The van der Waals surface area contributed by atoms with Gasteiger partial charge in [0.05, 0.1) is 13.2 Å². The van der Waals surface area contributed by atoms with Crippen LogP contribution in [0, 0.1) is 0 Å². The first-order chi connectivity index (χ1) is 12.6.